The van der Waals surface area contributed by atoms with Crippen molar-refractivity contribution in [3.63, 3.8) is 0 Å². The van der Waals surface area contributed by atoms with E-state index in [1.165, 1.54) is 0 Å². The lowest BCUT2D eigenvalue weighted by molar-refractivity contribution is 0.378. The monoisotopic (exact) mass is 320 g/mol. The van der Waals surface area contributed by atoms with Crippen LogP contribution in [0.5, 0.6) is 0 Å². The number of nitrogens with zero attached hydrogens (tertiary/aromatic N) is 6. The van der Waals surface area contributed by atoms with E-state index in [4.69, 9.17) is 4.52 Å². The molecule has 0 saturated heterocycles. The van der Waals surface area contributed by atoms with Crippen LogP contribution in [-0.2, 0) is 6.54 Å². The lowest BCUT2D eigenvalue weighted by Crippen LogP contribution is -2.20. The second-order valence-corrected chi connectivity index (χ2v) is 5.59. The van der Waals surface area contributed by atoms with Crippen molar-refractivity contribution in [1.82, 2.24) is 24.7 Å². The van der Waals surface area contributed by atoms with Crippen LogP contribution in [0.25, 0.3) is 17.0 Å². The molecule has 0 atom stereocenters. The Balaban J connectivity index is 1.61. The molecule has 3 heterocycles. The van der Waals surface area contributed by atoms with Crippen LogP contribution in [0.2, 0.25) is 0 Å². The van der Waals surface area contributed by atoms with E-state index in [1.54, 1.807) is 10.7 Å². The molecule has 120 valence electrons. The van der Waals surface area contributed by atoms with Gasteiger partial charge in [0.2, 0.25) is 11.7 Å². The van der Waals surface area contributed by atoms with Crippen molar-refractivity contribution >= 4 is 11.5 Å². The van der Waals surface area contributed by atoms with Gasteiger partial charge in [-0.15, -0.1) is 0 Å². The highest BCUT2D eigenvalue weighted by molar-refractivity contribution is 5.54. The number of hydrogen-bond acceptors (Lipinski definition) is 6. The molecule has 4 rings (SSSR count). The lowest BCUT2D eigenvalue weighted by atomic mass is 10.2. The zero-order valence-electron chi connectivity index (χ0n) is 13.4. The van der Waals surface area contributed by atoms with Crippen molar-refractivity contribution in [2.45, 2.75) is 13.5 Å². The normalized spacial score (nSPS) is 11.1. The van der Waals surface area contributed by atoms with E-state index in [0.29, 0.717) is 18.3 Å². The second kappa shape index (κ2) is 5.77. The molecular weight excluding hydrogens is 304 g/mol. The summed E-state index contributed by atoms with van der Waals surface area (Å²) in [5.74, 6) is 2.06. The summed E-state index contributed by atoms with van der Waals surface area (Å²) in [6.07, 6.45) is 1.74. The Morgan fingerprint density at radius 1 is 1.12 bits per heavy atom. The summed E-state index contributed by atoms with van der Waals surface area (Å²) in [7, 11) is 1.96. The van der Waals surface area contributed by atoms with Gasteiger partial charge in [-0.3, -0.25) is 0 Å². The molecule has 0 aliphatic rings. The molecule has 0 unspecified atom stereocenters. The highest BCUT2D eigenvalue weighted by Crippen LogP contribution is 2.19. The van der Waals surface area contributed by atoms with Gasteiger partial charge in [0.15, 0.2) is 5.65 Å². The van der Waals surface area contributed by atoms with Crippen molar-refractivity contribution in [1.29, 1.82) is 0 Å². The average molecular weight is 320 g/mol. The number of benzene rings is 1. The van der Waals surface area contributed by atoms with Crippen molar-refractivity contribution in [3.8, 4) is 11.4 Å². The third-order valence-electron chi connectivity index (χ3n) is 3.73. The van der Waals surface area contributed by atoms with E-state index in [9.17, 15) is 0 Å². The maximum absolute atomic E-state index is 5.39. The van der Waals surface area contributed by atoms with Gasteiger partial charge in [0.25, 0.3) is 0 Å². The summed E-state index contributed by atoms with van der Waals surface area (Å²) in [4.78, 5) is 10.9. The van der Waals surface area contributed by atoms with E-state index in [-0.39, 0.29) is 0 Å². The summed E-state index contributed by atoms with van der Waals surface area (Å²) in [6, 6.07) is 13.6. The summed E-state index contributed by atoms with van der Waals surface area (Å²) in [5, 5.41) is 8.38. The molecule has 0 saturated carbocycles. The quantitative estimate of drug-likeness (QED) is 0.576. The average Bonchev–Trinajstić information content (AvgIpc) is 3.24. The molecule has 3 aromatic heterocycles. The maximum Gasteiger partial charge on any atom is 0.246 e. The minimum Gasteiger partial charge on any atom is -0.350 e. The minimum absolute atomic E-state index is 0.484. The molecule has 4 aromatic rings. The summed E-state index contributed by atoms with van der Waals surface area (Å²) in [6.45, 7) is 2.45. The summed E-state index contributed by atoms with van der Waals surface area (Å²) in [5.41, 5.74) is 2.68. The lowest BCUT2D eigenvalue weighted by Gasteiger charge is -2.18. The van der Waals surface area contributed by atoms with Gasteiger partial charge in [-0.2, -0.15) is 14.6 Å². The standard InChI is InChI=1S/C17H16N6O/c1-12-10-16(23-14(19-12)8-9-18-23)22(2)11-15-20-17(21-24-15)13-6-4-3-5-7-13/h3-10H,11H2,1-2H3. The third kappa shape index (κ3) is 2.60. The van der Waals surface area contributed by atoms with Crippen LogP contribution in [-0.4, -0.2) is 31.8 Å². The Morgan fingerprint density at radius 3 is 2.79 bits per heavy atom. The topological polar surface area (TPSA) is 72.4 Å². The minimum atomic E-state index is 0.484. The zero-order chi connectivity index (χ0) is 16.5. The Bertz CT molecular complexity index is 975. The van der Waals surface area contributed by atoms with Crippen LogP contribution < -0.4 is 4.90 Å². The number of rotatable bonds is 4. The molecule has 0 aliphatic heterocycles. The molecule has 0 N–H and O–H groups in total. The van der Waals surface area contributed by atoms with E-state index < -0.39 is 0 Å². The first-order chi connectivity index (χ1) is 11.7. The van der Waals surface area contributed by atoms with Gasteiger partial charge in [0, 0.05) is 30.4 Å². The van der Waals surface area contributed by atoms with Gasteiger partial charge < -0.3 is 9.42 Å². The fourth-order valence-corrected chi connectivity index (χ4v) is 2.60. The Morgan fingerprint density at radius 2 is 1.96 bits per heavy atom. The molecule has 0 amide bonds. The zero-order valence-corrected chi connectivity index (χ0v) is 13.4. The van der Waals surface area contributed by atoms with Crippen LogP contribution in [0.1, 0.15) is 11.6 Å². The molecule has 0 radical (unpaired) electrons. The molecule has 7 heteroatoms. The van der Waals surface area contributed by atoms with Crippen LogP contribution in [0, 0.1) is 6.92 Å². The van der Waals surface area contributed by atoms with E-state index >= 15 is 0 Å². The van der Waals surface area contributed by atoms with E-state index in [1.807, 2.05) is 61.3 Å². The number of aryl methyl sites for hydroxylation is 1. The molecule has 0 bridgehead atoms. The van der Waals surface area contributed by atoms with E-state index in [2.05, 4.69) is 20.2 Å². The summed E-state index contributed by atoms with van der Waals surface area (Å²) >= 11 is 0. The molecule has 0 fully saturated rings. The molecule has 1 aromatic carbocycles. The van der Waals surface area contributed by atoms with Crippen molar-refractivity contribution in [3.05, 3.63) is 60.2 Å². The first-order valence-electron chi connectivity index (χ1n) is 7.61. The Kier molecular flexibility index (Phi) is 3.45. The number of anilines is 1. The van der Waals surface area contributed by atoms with Crippen LogP contribution in [0.4, 0.5) is 5.82 Å². The Hall–Kier alpha value is -3.22. The van der Waals surface area contributed by atoms with E-state index in [0.717, 1.165) is 22.7 Å². The number of hydrogen-bond donors (Lipinski definition) is 0. The van der Waals surface area contributed by atoms with Crippen LogP contribution in [0.3, 0.4) is 0 Å². The van der Waals surface area contributed by atoms with Gasteiger partial charge >= 0.3 is 0 Å². The maximum atomic E-state index is 5.39. The van der Waals surface area contributed by atoms with Crippen molar-refractivity contribution in [2.24, 2.45) is 0 Å². The SMILES string of the molecule is Cc1cc(N(C)Cc2nc(-c3ccccc3)no2)n2nccc2n1. The summed E-state index contributed by atoms with van der Waals surface area (Å²) < 4.78 is 7.18. The molecule has 24 heavy (non-hydrogen) atoms. The largest absolute Gasteiger partial charge is 0.350 e. The molecule has 0 spiro atoms. The van der Waals surface area contributed by atoms with Crippen LogP contribution >= 0.6 is 0 Å². The predicted octanol–water partition coefficient (Wildman–Crippen LogP) is 2.72. The van der Waals surface area contributed by atoms with Gasteiger partial charge in [-0.05, 0) is 6.92 Å². The van der Waals surface area contributed by atoms with Crippen molar-refractivity contribution < 1.29 is 4.52 Å². The molecule has 0 aliphatic carbocycles. The van der Waals surface area contributed by atoms with Gasteiger partial charge in [0.05, 0.1) is 12.7 Å². The van der Waals surface area contributed by atoms with Gasteiger partial charge in [-0.25, -0.2) is 4.98 Å². The van der Waals surface area contributed by atoms with Crippen LogP contribution in [0.15, 0.2) is 53.2 Å². The predicted molar refractivity (Wildman–Crippen MR) is 89.6 cm³/mol. The fraction of sp³-hybridized carbons (Fsp3) is 0.176. The van der Waals surface area contributed by atoms with Crippen molar-refractivity contribution in [2.75, 3.05) is 11.9 Å². The third-order valence-corrected chi connectivity index (χ3v) is 3.73. The number of fused-ring (bicyclic) bond motifs is 1. The highest BCUT2D eigenvalue weighted by atomic mass is 16.5. The number of aromatic nitrogens is 5. The van der Waals surface area contributed by atoms with Gasteiger partial charge in [-0.1, -0.05) is 35.5 Å². The van der Waals surface area contributed by atoms with Gasteiger partial charge in [0.1, 0.15) is 5.82 Å². The highest BCUT2D eigenvalue weighted by Gasteiger charge is 2.14. The Labute approximate surface area is 138 Å². The molecule has 7 nitrogen and oxygen atoms in total. The second-order valence-electron chi connectivity index (χ2n) is 5.59. The first kappa shape index (κ1) is 14.4. The smallest absolute Gasteiger partial charge is 0.246 e. The fourth-order valence-electron chi connectivity index (χ4n) is 2.60. The first-order valence-corrected chi connectivity index (χ1v) is 7.61. The molecular formula is C17H16N6O.